The fourth-order valence-electron chi connectivity index (χ4n) is 2.21. The first kappa shape index (κ1) is 15.3. The minimum absolute atomic E-state index is 0.424. The Morgan fingerprint density at radius 2 is 2.00 bits per heavy atom. The van der Waals surface area contributed by atoms with E-state index in [2.05, 4.69) is 15.5 Å². The molecule has 0 aliphatic heterocycles. The van der Waals surface area contributed by atoms with Crippen molar-refractivity contribution in [3.05, 3.63) is 70.9 Å². The van der Waals surface area contributed by atoms with Crippen molar-refractivity contribution in [1.29, 1.82) is 0 Å². The Labute approximate surface area is 139 Å². The number of ether oxygens (including phenoxy) is 1. The van der Waals surface area contributed by atoms with E-state index in [4.69, 9.17) is 16.3 Å². The number of nitrogens with one attached hydrogen (secondary N) is 1. The molecule has 5 heteroatoms. The van der Waals surface area contributed by atoms with Gasteiger partial charge >= 0.3 is 0 Å². The highest BCUT2D eigenvalue weighted by Gasteiger charge is 2.04. The zero-order chi connectivity index (χ0) is 16.1. The summed E-state index contributed by atoms with van der Waals surface area (Å²) in [6.07, 6.45) is 1.68. The Morgan fingerprint density at radius 3 is 2.78 bits per heavy atom. The van der Waals surface area contributed by atoms with Crippen molar-refractivity contribution in [2.75, 3.05) is 7.11 Å². The summed E-state index contributed by atoms with van der Waals surface area (Å²) in [4.78, 5) is 4.38. The summed E-state index contributed by atoms with van der Waals surface area (Å²) in [5.74, 6) is 0.784. The van der Waals surface area contributed by atoms with Crippen LogP contribution in [0.2, 0.25) is 5.15 Å². The predicted octanol–water partition coefficient (Wildman–Crippen LogP) is 4.02. The van der Waals surface area contributed by atoms with Crippen LogP contribution in [0.1, 0.15) is 11.1 Å². The molecule has 1 N–H and O–H groups in total. The third-order valence-electron chi connectivity index (χ3n) is 3.42. The first-order chi connectivity index (χ1) is 11.3. The van der Waals surface area contributed by atoms with Gasteiger partial charge in [0.1, 0.15) is 10.9 Å². The first-order valence-electron chi connectivity index (χ1n) is 7.20. The lowest BCUT2D eigenvalue weighted by Crippen LogP contribution is -2.05. The number of fused-ring (bicyclic) bond motifs is 1. The molecule has 0 aliphatic rings. The average Bonchev–Trinajstić information content (AvgIpc) is 2.59. The zero-order valence-electron chi connectivity index (χ0n) is 12.7. The van der Waals surface area contributed by atoms with Crippen molar-refractivity contribution in [2.45, 2.75) is 6.54 Å². The molecular formula is C18H16ClN3O. The van der Waals surface area contributed by atoms with Crippen LogP contribution in [0.25, 0.3) is 10.9 Å². The Morgan fingerprint density at radius 1 is 1.17 bits per heavy atom. The number of pyridine rings is 1. The molecule has 4 nitrogen and oxygen atoms in total. The minimum atomic E-state index is 0.424. The Kier molecular flexibility index (Phi) is 4.74. The minimum Gasteiger partial charge on any atom is -0.497 e. The van der Waals surface area contributed by atoms with Crippen molar-refractivity contribution in [3.63, 3.8) is 0 Å². The van der Waals surface area contributed by atoms with Crippen LogP contribution in [-0.2, 0) is 6.54 Å². The SMILES string of the molecule is COc1ccc2nc(Cl)c(C=NNCc3ccccc3)cc2c1. The summed E-state index contributed by atoms with van der Waals surface area (Å²) >= 11 is 6.21. The molecule has 23 heavy (non-hydrogen) atoms. The maximum atomic E-state index is 6.21. The smallest absolute Gasteiger partial charge is 0.138 e. The Balaban J connectivity index is 1.76. The molecule has 1 heterocycles. The van der Waals surface area contributed by atoms with Crippen molar-refractivity contribution < 1.29 is 4.74 Å². The highest BCUT2D eigenvalue weighted by atomic mass is 35.5. The predicted molar refractivity (Wildman–Crippen MR) is 94.2 cm³/mol. The van der Waals surface area contributed by atoms with Crippen LogP contribution in [0, 0.1) is 0 Å². The molecule has 2 aromatic carbocycles. The lowest BCUT2D eigenvalue weighted by Gasteiger charge is -2.05. The van der Waals surface area contributed by atoms with Crippen molar-refractivity contribution in [1.82, 2.24) is 10.4 Å². The van der Waals surface area contributed by atoms with Crippen LogP contribution in [-0.4, -0.2) is 18.3 Å². The van der Waals surface area contributed by atoms with Gasteiger partial charge in [0.25, 0.3) is 0 Å². The molecule has 0 unspecified atom stereocenters. The number of halogens is 1. The van der Waals surface area contributed by atoms with Crippen LogP contribution >= 0.6 is 11.6 Å². The number of methoxy groups -OCH3 is 1. The topological polar surface area (TPSA) is 46.5 Å². The van der Waals surface area contributed by atoms with Crippen molar-refractivity contribution in [2.24, 2.45) is 5.10 Å². The van der Waals surface area contributed by atoms with E-state index in [1.54, 1.807) is 13.3 Å². The lowest BCUT2D eigenvalue weighted by atomic mass is 10.1. The zero-order valence-corrected chi connectivity index (χ0v) is 13.4. The van der Waals surface area contributed by atoms with Gasteiger partial charge in [-0.25, -0.2) is 4.98 Å². The molecule has 0 bridgehead atoms. The average molecular weight is 326 g/mol. The van der Waals surface area contributed by atoms with Crippen LogP contribution in [0.4, 0.5) is 0 Å². The van der Waals surface area contributed by atoms with E-state index < -0.39 is 0 Å². The molecule has 0 saturated carbocycles. The number of hydrazone groups is 1. The van der Waals surface area contributed by atoms with Crippen molar-refractivity contribution in [3.8, 4) is 5.75 Å². The van der Waals surface area contributed by atoms with Crippen LogP contribution in [0.3, 0.4) is 0 Å². The van der Waals surface area contributed by atoms with Crippen LogP contribution in [0.5, 0.6) is 5.75 Å². The third kappa shape index (κ3) is 3.79. The standard InChI is InChI=1S/C18H16ClN3O/c1-23-16-7-8-17-14(10-16)9-15(18(19)22-17)12-21-20-11-13-5-3-2-4-6-13/h2-10,12,20H,11H2,1H3. The van der Waals surface area contributed by atoms with E-state index in [9.17, 15) is 0 Å². The number of nitrogens with zero attached hydrogens (tertiary/aromatic N) is 2. The highest BCUT2D eigenvalue weighted by Crippen LogP contribution is 2.23. The second-order valence-corrected chi connectivity index (χ2v) is 5.36. The maximum absolute atomic E-state index is 6.21. The molecule has 0 fully saturated rings. The van der Waals surface area contributed by atoms with Gasteiger partial charge in [0.15, 0.2) is 0 Å². The molecule has 0 amide bonds. The molecule has 0 spiro atoms. The number of benzene rings is 2. The second-order valence-electron chi connectivity index (χ2n) is 5.01. The summed E-state index contributed by atoms with van der Waals surface area (Å²) < 4.78 is 5.23. The summed E-state index contributed by atoms with van der Waals surface area (Å²) in [7, 11) is 1.64. The number of hydrogen-bond acceptors (Lipinski definition) is 4. The van der Waals surface area contributed by atoms with Gasteiger partial charge in [-0.1, -0.05) is 41.9 Å². The van der Waals surface area contributed by atoms with Crippen molar-refractivity contribution >= 4 is 28.7 Å². The van der Waals surface area contributed by atoms with E-state index in [-0.39, 0.29) is 0 Å². The van der Waals surface area contributed by atoms with Gasteiger partial charge in [0.05, 0.1) is 25.4 Å². The molecule has 0 saturated heterocycles. The molecule has 1 aromatic heterocycles. The van der Waals surface area contributed by atoms with Crippen LogP contribution in [0.15, 0.2) is 59.7 Å². The second kappa shape index (κ2) is 7.11. The number of rotatable bonds is 5. The Bertz CT molecular complexity index is 834. The van der Waals surface area contributed by atoms with Gasteiger partial charge in [0.2, 0.25) is 0 Å². The fourth-order valence-corrected chi connectivity index (χ4v) is 2.41. The van der Waals surface area contributed by atoms with Gasteiger partial charge in [-0.3, -0.25) is 0 Å². The third-order valence-corrected chi connectivity index (χ3v) is 3.73. The lowest BCUT2D eigenvalue weighted by molar-refractivity contribution is 0.415. The molecule has 0 atom stereocenters. The van der Waals surface area contributed by atoms with Gasteiger partial charge in [-0.2, -0.15) is 5.10 Å². The highest BCUT2D eigenvalue weighted by molar-refractivity contribution is 6.32. The fraction of sp³-hybridized carbons (Fsp3) is 0.111. The van der Waals surface area contributed by atoms with Gasteiger partial charge in [-0.05, 0) is 29.8 Å². The largest absolute Gasteiger partial charge is 0.497 e. The summed E-state index contributed by atoms with van der Waals surface area (Å²) in [6, 6.07) is 17.7. The normalized spacial score (nSPS) is 11.0. The summed E-state index contributed by atoms with van der Waals surface area (Å²) in [5.41, 5.74) is 5.75. The van der Waals surface area contributed by atoms with Gasteiger partial charge in [-0.15, -0.1) is 0 Å². The molecule has 3 rings (SSSR count). The molecule has 116 valence electrons. The molecule has 3 aromatic rings. The van der Waals surface area contributed by atoms with E-state index in [1.165, 1.54) is 0 Å². The first-order valence-corrected chi connectivity index (χ1v) is 7.58. The monoisotopic (exact) mass is 325 g/mol. The quantitative estimate of drug-likeness (QED) is 0.438. The number of aromatic nitrogens is 1. The molecule has 0 aliphatic carbocycles. The number of hydrogen-bond donors (Lipinski definition) is 1. The Hall–Kier alpha value is -2.59. The van der Waals surface area contributed by atoms with E-state index in [1.807, 2.05) is 54.6 Å². The van der Waals surface area contributed by atoms with E-state index >= 15 is 0 Å². The molecular weight excluding hydrogens is 310 g/mol. The van der Waals surface area contributed by atoms with Gasteiger partial charge < -0.3 is 10.2 Å². The van der Waals surface area contributed by atoms with Gasteiger partial charge in [0, 0.05) is 10.9 Å². The van der Waals surface area contributed by atoms with E-state index in [0.717, 1.165) is 27.8 Å². The summed E-state index contributed by atoms with van der Waals surface area (Å²) in [6.45, 7) is 0.657. The van der Waals surface area contributed by atoms with E-state index in [0.29, 0.717) is 11.7 Å². The van der Waals surface area contributed by atoms with Crippen LogP contribution < -0.4 is 10.2 Å². The summed E-state index contributed by atoms with van der Waals surface area (Å²) in [5, 5.41) is 5.60. The molecule has 0 radical (unpaired) electrons. The maximum Gasteiger partial charge on any atom is 0.138 e.